The monoisotopic (exact) mass is 422 g/mol. The highest BCUT2D eigenvalue weighted by Crippen LogP contribution is 2.29. The third-order valence-electron chi connectivity index (χ3n) is 4.29. The first-order valence-corrected chi connectivity index (χ1v) is 9.06. The van der Waals surface area contributed by atoms with Crippen molar-refractivity contribution < 1.29 is 32.7 Å². The number of rotatable bonds is 8. The van der Waals surface area contributed by atoms with Crippen LogP contribution in [0.5, 0.6) is 0 Å². The number of carbonyl (C=O) groups is 3. The smallest absolute Gasteiger partial charge is 0.416 e. The Morgan fingerprint density at radius 2 is 1.50 bits per heavy atom. The predicted molar refractivity (Wildman–Crippen MR) is 102 cm³/mol. The highest BCUT2D eigenvalue weighted by atomic mass is 19.4. The Labute approximate surface area is 171 Å². The molecular weight excluding hydrogens is 401 g/mol. The van der Waals surface area contributed by atoms with Crippen LogP contribution in [0.4, 0.5) is 13.2 Å². The highest BCUT2D eigenvalue weighted by molar-refractivity contribution is 5.90. The topological polar surface area (TPSA) is 95.5 Å². The molecule has 0 unspecified atom stereocenters. The molecule has 2 aromatic rings. The van der Waals surface area contributed by atoms with E-state index in [1.807, 2.05) is 0 Å². The van der Waals surface area contributed by atoms with E-state index in [1.54, 1.807) is 30.3 Å². The number of aliphatic carboxylic acids is 1. The lowest BCUT2D eigenvalue weighted by atomic mass is 10.0. The van der Waals surface area contributed by atoms with Crippen molar-refractivity contribution in [3.05, 3.63) is 71.3 Å². The van der Waals surface area contributed by atoms with Crippen molar-refractivity contribution in [3.63, 3.8) is 0 Å². The lowest BCUT2D eigenvalue weighted by molar-refractivity contribution is -0.142. The molecule has 0 fully saturated rings. The summed E-state index contributed by atoms with van der Waals surface area (Å²) in [6, 6.07) is 10.5. The molecule has 0 aliphatic rings. The second-order valence-corrected chi connectivity index (χ2v) is 6.74. The maximum absolute atomic E-state index is 12.9. The molecule has 0 bridgehead atoms. The number of hydrogen-bond acceptors (Lipinski definition) is 3. The molecule has 30 heavy (non-hydrogen) atoms. The van der Waals surface area contributed by atoms with E-state index in [9.17, 15) is 32.7 Å². The van der Waals surface area contributed by atoms with Crippen LogP contribution in [-0.2, 0) is 33.4 Å². The van der Waals surface area contributed by atoms with Gasteiger partial charge in [0, 0.05) is 19.8 Å². The normalized spacial score (nSPS) is 13.2. The number of carbonyl (C=O) groups excluding carboxylic acids is 2. The van der Waals surface area contributed by atoms with Gasteiger partial charge in [0.25, 0.3) is 0 Å². The number of carboxylic acids is 1. The number of amides is 2. The number of nitrogens with one attached hydrogen (secondary N) is 2. The Hall–Kier alpha value is -3.36. The fourth-order valence-corrected chi connectivity index (χ4v) is 2.89. The maximum atomic E-state index is 12.9. The van der Waals surface area contributed by atoms with Crippen molar-refractivity contribution in [3.8, 4) is 0 Å². The lowest BCUT2D eigenvalue weighted by Crippen LogP contribution is -2.52. The Morgan fingerprint density at radius 1 is 0.900 bits per heavy atom. The van der Waals surface area contributed by atoms with Crippen LogP contribution >= 0.6 is 0 Å². The van der Waals surface area contributed by atoms with Gasteiger partial charge in [-0.3, -0.25) is 9.59 Å². The molecule has 9 heteroatoms. The van der Waals surface area contributed by atoms with Gasteiger partial charge < -0.3 is 15.7 Å². The average molecular weight is 422 g/mol. The summed E-state index contributed by atoms with van der Waals surface area (Å²) in [6.07, 6.45) is -4.78. The van der Waals surface area contributed by atoms with Crippen molar-refractivity contribution in [2.24, 2.45) is 0 Å². The molecule has 0 aliphatic heterocycles. The Bertz CT molecular complexity index is 901. The quantitative estimate of drug-likeness (QED) is 0.609. The van der Waals surface area contributed by atoms with Gasteiger partial charge in [-0.15, -0.1) is 0 Å². The van der Waals surface area contributed by atoms with E-state index in [2.05, 4.69) is 10.6 Å². The van der Waals surface area contributed by atoms with Crippen molar-refractivity contribution >= 4 is 17.8 Å². The van der Waals surface area contributed by atoms with Crippen molar-refractivity contribution in [1.29, 1.82) is 0 Å². The summed E-state index contributed by atoms with van der Waals surface area (Å²) in [6.45, 7) is 1.22. The summed E-state index contributed by atoms with van der Waals surface area (Å²) in [7, 11) is 0. The minimum atomic E-state index is -4.57. The molecule has 2 rings (SSSR count). The van der Waals surface area contributed by atoms with Crippen LogP contribution in [0, 0.1) is 0 Å². The third-order valence-corrected chi connectivity index (χ3v) is 4.29. The van der Waals surface area contributed by atoms with Gasteiger partial charge in [0.1, 0.15) is 12.1 Å². The summed E-state index contributed by atoms with van der Waals surface area (Å²) in [4.78, 5) is 35.7. The Balaban J connectivity index is 2.16. The van der Waals surface area contributed by atoms with E-state index >= 15 is 0 Å². The molecule has 0 heterocycles. The van der Waals surface area contributed by atoms with E-state index in [4.69, 9.17) is 0 Å². The number of alkyl halides is 3. The van der Waals surface area contributed by atoms with Crippen LogP contribution in [0.15, 0.2) is 54.6 Å². The molecule has 0 saturated carbocycles. The Morgan fingerprint density at radius 3 is 2.07 bits per heavy atom. The van der Waals surface area contributed by atoms with Crippen LogP contribution in [0.3, 0.4) is 0 Å². The zero-order chi connectivity index (χ0) is 22.3. The van der Waals surface area contributed by atoms with Crippen molar-refractivity contribution in [2.45, 2.75) is 38.0 Å². The molecule has 0 radical (unpaired) electrons. The predicted octanol–water partition coefficient (Wildman–Crippen LogP) is 2.56. The van der Waals surface area contributed by atoms with Gasteiger partial charge in [0.05, 0.1) is 5.56 Å². The maximum Gasteiger partial charge on any atom is 0.416 e. The molecule has 160 valence electrons. The molecule has 0 aromatic heterocycles. The van der Waals surface area contributed by atoms with E-state index in [0.29, 0.717) is 0 Å². The first-order chi connectivity index (χ1) is 14.1. The largest absolute Gasteiger partial charge is 0.480 e. The fourth-order valence-electron chi connectivity index (χ4n) is 2.89. The fraction of sp³-hybridized carbons (Fsp3) is 0.286. The molecule has 3 N–H and O–H groups in total. The third kappa shape index (κ3) is 6.91. The van der Waals surface area contributed by atoms with Crippen molar-refractivity contribution in [1.82, 2.24) is 10.6 Å². The van der Waals surface area contributed by atoms with Crippen LogP contribution in [0.25, 0.3) is 0 Å². The van der Waals surface area contributed by atoms with Gasteiger partial charge in [0.2, 0.25) is 11.8 Å². The number of halogens is 3. The van der Waals surface area contributed by atoms with Gasteiger partial charge in [-0.1, -0.05) is 48.5 Å². The summed E-state index contributed by atoms with van der Waals surface area (Å²) >= 11 is 0. The van der Waals surface area contributed by atoms with Gasteiger partial charge in [-0.2, -0.15) is 13.2 Å². The highest BCUT2D eigenvalue weighted by Gasteiger charge is 2.31. The van der Waals surface area contributed by atoms with E-state index in [0.717, 1.165) is 17.7 Å². The SMILES string of the molecule is CC(=O)N[C@@H](Cc1ccccc1)C(=O)N[C@H](Cc1cccc(C(F)(F)F)c1)C(=O)O. The molecule has 6 nitrogen and oxygen atoms in total. The molecule has 2 amide bonds. The van der Waals surface area contributed by atoms with Crippen LogP contribution in [-0.4, -0.2) is 35.0 Å². The Kier molecular flexibility index (Phi) is 7.57. The second-order valence-electron chi connectivity index (χ2n) is 6.74. The molecular formula is C21H21F3N2O4. The van der Waals surface area contributed by atoms with Gasteiger partial charge in [-0.05, 0) is 17.2 Å². The van der Waals surface area contributed by atoms with Crippen LogP contribution < -0.4 is 10.6 Å². The molecule has 0 aliphatic carbocycles. The molecule has 2 atom stereocenters. The van der Waals surface area contributed by atoms with Gasteiger partial charge in [-0.25, -0.2) is 4.79 Å². The minimum Gasteiger partial charge on any atom is -0.480 e. The molecule has 0 spiro atoms. The van der Waals surface area contributed by atoms with E-state index in [1.165, 1.54) is 19.1 Å². The number of carboxylic acid groups (broad SMARTS) is 1. The first kappa shape index (κ1) is 22.9. The summed E-state index contributed by atoms with van der Waals surface area (Å²) in [5.74, 6) is -2.62. The molecule has 2 aromatic carbocycles. The summed E-state index contributed by atoms with van der Waals surface area (Å²) in [5.41, 5.74) is -0.0523. The minimum absolute atomic E-state index is 0.108. The number of benzene rings is 2. The zero-order valence-corrected chi connectivity index (χ0v) is 16.1. The van der Waals surface area contributed by atoms with Gasteiger partial charge in [0.15, 0.2) is 0 Å². The summed E-state index contributed by atoms with van der Waals surface area (Å²) in [5, 5.41) is 14.2. The second kappa shape index (κ2) is 9.91. The van der Waals surface area contributed by atoms with Crippen molar-refractivity contribution in [2.75, 3.05) is 0 Å². The van der Waals surface area contributed by atoms with Gasteiger partial charge >= 0.3 is 12.1 Å². The lowest BCUT2D eigenvalue weighted by Gasteiger charge is -2.21. The standard InChI is InChI=1S/C21H21F3N2O4/c1-13(27)25-17(11-14-6-3-2-4-7-14)19(28)26-18(20(29)30)12-15-8-5-9-16(10-15)21(22,23)24/h2-10,17-18H,11-12H2,1H3,(H,25,27)(H,26,28)(H,29,30)/t17-,18+/m0/s1. The van der Waals surface area contributed by atoms with E-state index < -0.39 is 41.6 Å². The summed E-state index contributed by atoms with van der Waals surface area (Å²) < 4.78 is 38.6. The first-order valence-electron chi connectivity index (χ1n) is 9.06. The van der Waals surface area contributed by atoms with Crippen LogP contribution in [0.1, 0.15) is 23.6 Å². The van der Waals surface area contributed by atoms with Crippen LogP contribution in [0.2, 0.25) is 0 Å². The molecule has 0 saturated heterocycles. The number of hydrogen-bond donors (Lipinski definition) is 3. The van der Waals surface area contributed by atoms with E-state index in [-0.39, 0.29) is 18.4 Å². The average Bonchev–Trinajstić information content (AvgIpc) is 2.67. The zero-order valence-electron chi connectivity index (χ0n) is 16.1.